The molecule has 0 spiro atoms. The zero-order chi connectivity index (χ0) is 22.0. The fraction of sp³-hybridized carbons (Fsp3) is 0.208. The Bertz CT molecular complexity index is 1320. The lowest BCUT2D eigenvalue weighted by atomic mass is 9.96. The Morgan fingerprint density at radius 1 is 1.16 bits per heavy atom. The fourth-order valence-corrected chi connectivity index (χ4v) is 4.64. The van der Waals surface area contributed by atoms with Gasteiger partial charge in [-0.3, -0.25) is 9.36 Å². The van der Waals surface area contributed by atoms with E-state index < -0.39 is 12.0 Å². The minimum absolute atomic E-state index is 0.192. The summed E-state index contributed by atoms with van der Waals surface area (Å²) in [5.41, 5.74) is 2.46. The first-order valence-corrected chi connectivity index (χ1v) is 10.7. The molecule has 2 aromatic carbocycles. The molecule has 0 N–H and O–H groups in total. The highest BCUT2D eigenvalue weighted by molar-refractivity contribution is 7.07. The van der Waals surface area contributed by atoms with Gasteiger partial charge in [0, 0.05) is 0 Å². The number of carbonyl (C=O) groups excluding carboxylic acids is 1. The van der Waals surface area contributed by atoms with Gasteiger partial charge < -0.3 is 9.47 Å². The second kappa shape index (κ2) is 8.73. The number of esters is 1. The highest BCUT2D eigenvalue weighted by Crippen LogP contribution is 2.30. The van der Waals surface area contributed by atoms with Gasteiger partial charge in [-0.2, -0.15) is 0 Å². The molecule has 0 saturated carbocycles. The van der Waals surface area contributed by atoms with Gasteiger partial charge in [0.1, 0.15) is 5.75 Å². The van der Waals surface area contributed by atoms with Crippen molar-refractivity contribution in [1.29, 1.82) is 0 Å². The quantitative estimate of drug-likeness (QED) is 0.579. The van der Waals surface area contributed by atoms with Crippen LogP contribution in [0, 0.1) is 0 Å². The SMILES string of the molecule is CCOC(=O)C1=C(C)N=c2s/c(=C\c3ccc(OC)cc3)c(=O)n2[C@H]1c1ccccc1. The van der Waals surface area contributed by atoms with E-state index in [1.165, 1.54) is 11.3 Å². The number of fused-ring (bicyclic) bond motifs is 1. The Labute approximate surface area is 183 Å². The predicted octanol–water partition coefficient (Wildman–Crippen LogP) is 2.81. The lowest BCUT2D eigenvalue weighted by Crippen LogP contribution is -2.39. The molecule has 2 heterocycles. The minimum atomic E-state index is -0.588. The maximum Gasteiger partial charge on any atom is 0.338 e. The molecular formula is C24H22N2O4S. The summed E-state index contributed by atoms with van der Waals surface area (Å²) < 4.78 is 12.6. The zero-order valence-electron chi connectivity index (χ0n) is 17.5. The number of hydrogen-bond acceptors (Lipinski definition) is 6. The molecule has 6 nitrogen and oxygen atoms in total. The summed E-state index contributed by atoms with van der Waals surface area (Å²) in [6.45, 7) is 3.79. The molecule has 0 fully saturated rings. The van der Waals surface area contributed by atoms with Crippen molar-refractivity contribution in [2.45, 2.75) is 19.9 Å². The Kier molecular flexibility index (Phi) is 5.86. The van der Waals surface area contributed by atoms with E-state index in [2.05, 4.69) is 4.99 Å². The van der Waals surface area contributed by atoms with Crippen molar-refractivity contribution >= 4 is 23.4 Å². The van der Waals surface area contributed by atoms with Crippen LogP contribution < -0.4 is 19.6 Å². The number of aromatic nitrogens is 1. The van der Waals surface area contributed by atoms with E-state index in [-0.39, 0.29) is 12.2 Å². The lowest BCUT2D eigenvalue weighted by molar-refractivity contribution is -0.139. The molecule has 0 unspecified atom stereocenters. The Morgan fingerprint density at radius 3 is 2.52 bits per heavy atom. The number of ether oxygens (including phenoxy) is 2. The average molecular weight is 435 g/mol. The van der Waals surface area contributed by atoms with Gasteiger partial charge in [0.15, 0.2) is 4.80 Å². The first-order chi connectivity index (χ1) is 15.0. The average Bonchev–Trinajstić information content (AvgIpc) is 3.08. The van der Waals surface area contributed by atoms with Crippen LogP contribution in [-0.4, -0.2) is 24.3 Å². The summed E-state index contributed by atoms with van der Waals surface area (Å²) in [5.74, 6) is 0.291. The summed E-state index contributed by atoms with van der Waals surface area (Å²) in [6, 6.07) is 16.4. The van der Waals surface area contributed by atoms with E-state index in [4.69, 9.17) is 9.47 Å². The third kappa shape index (κ3) is 3.96. The molecule has 31 heavy (non-hydrogen) atoms. The number of carbonyl (C=O) groups is 1. The number of allylic oxidation sites excluding steroid dienone is 1. The van der Waals surface area contributed by atoms with E-state index in [1.54, 1.807) is 25.5 Å². The summed E-state index contributed by atoms with van der Waals surface area (Å²) in [5, 5.41) is 0. The van der Waals surface area contributed by atoms with Crippen molar-refractivity contribution in [3.8, 4) is 5.75 Å². The fourth-order valence-electron chi connectivity index (χ4n) is 3.59. The molecule has 1 aliphatic heterocycles. The zero-order valence-corrected chi connectivity index (χ0v) is 18.3. The molecule has 0 bridgehead atoms. The smallest absolute Gasteiger partial charge is 0.338 e. The lowest BCUT2D eigenvalue weighted by Gasteiger charge is -2.24. The normalized spacial score (nSPS) is 16.0. The maximum absolute atomic E-state index is 13.4. The summed E-state index contributed by atoms with van der Waals surface area (Å²) in [6.07, 6.45) is 1.83. The number of rotatable bonds is 5. The first kappa shape index (κ1) is 20.8. The van der Waals surface area contributed by atoms with Gasteiger partial charge in [0.25, 0.3) is 5.56 Å². The van der Waals surface area contributed by atoms with Crippen LogP contribution in [0.5, 0.6) is 5.75 Å². The number of nitrogens with zero attached hydrogens (tertiary/aromatic N) is 2. The highest BCUT2D eigenvalue weighted by atomic mass is 32.1. The standard InChI is InChI=1S/C24H22N2O4S/c1-4-30-23(28)20-15(2)25-24-26(21(20)17-8-6-5-7-9-17)22(27)19(31-24)14-16-10-12-18(29-3)13-11-16/h5-14,21H,4H2,1-3H3/b19-14-/t21-/m0/s1. The van der Waals surface area contributed by atoms with Crippen LogP contribution in [0.4, 0.5) is 0 Å². The van der Waals surface area contributed by atoms with E-state index in [0.29, 0.717) is 20.6 Å². The third-order valence-electron chi connectivity index (χ3n) is 5.05. The van der Waals surface area contributed by atoms with Gasteiger partial charge in [-0.15, -0.1) is 0 Å². The maximum atomic E-state index is 13.4. The van der Waals surface area contributed by atoms with Crippen molar-refractivity contribution < 1.29 is 14.3 Å². The van der Waals surface area contributed by atoms with Crippen LogP contribution in [0.2, 0.25) is 0 Å². The highest BCUT2D eigenvalue weighted by Gasteiger charge is 2.33. The van der Waals surface area contributed by atoms with Crippen molar-refractivity contribution in [2.75, 3.05) is 13.7 Å². The molecule has 1 aliphatic rings. The van der Waals surface area contributed by atoms with Crippen LogP contribution >= 0.6 is 11.3 Å². The van der Waals surface area contributed by atoms with Crippen molar-refractivity contribution in [1.82, 2.24) is 4.57 Å². The first-order valence-electron chi connectivity index (χ1n) is 9.92. The summed E-state index contributed by atoms with van der Waals surface area (Å²) in [7, 11) is 1.61. The van der Waals surface area contributed by atoms with Gasteiger partial charge in [-0.1, -0.05) is 53.8 Å². The molecule has 0 radical (unpaired) electrons. The Hall–Kier alpha value is -3.45. The molecule has 4 rings (SSSR count). The molecule has 158 valence electrons. The van der Waals surface area contributed by atoms with E-state index in [1.807, 2.05) is 60.7 Å². The van der Waals surface area contributed by atoms with Crippen LogP contribution in [0.3, 0.4) is 0 Å². The second-order valence-corrected chi connectivity index (χ2v) is 8.00. The molecule has 0 saturated heterocycles. The number of methoxy groups -OCH3 is 1. The van der Waals surface area contributed by atoms with Gasteiger partial charge in [-0.05, 0) is 43.2 Å². The monoisotopic (exact) mass is 434 g/mol. The number of thiazole rings is 1. The minimum Gasteiger partial charge on any atom is -0.497 e. The van der Waals surface area contributed by atoms with Gasteiger partial charge in [0.05, 0.1) is 35.6 Å². The van der Waals surface area contributed by atoms with Crippen LogP contribution in [0.1, 0.15) is 31.0 Å². The second-order valence-electron chi connectivity index (χ2n) is 6.99. The number of hydrogen-bond donors (Lipinski definition) is 0. The molecule has 1 atom stereocenters. The summed E-state index contributed by atoms with van der Waals surface area (Å²) >= 11 is 1.31. The summed E-state index contributed by atoms with van der Waals surface area (Å²) in [4.78, 5) is 31.4. The Morgan fingerprint density at radius 2 is 1.87 bits per heavy atom. The van der Waals surface area contributed by atoms with E-state index in [9.17, 15) is 9.59 Å². The topological polar surface area (TPSA) is 69.9 Å². The predicted molar refractivity (Wildman–Crippen MR) is 120 cm³/mol. The van der Waals surface area contributed by atoms with Crippen molar-refractivity contribution in [3.05, 3.63) is 96.7 Å². The third-order valence-corrected chi connectivity index (χ3v) is 6.03. The van der Waals surface area contributed by atoms with Crippen LogP contribution in [0.15, 0.2) is 75.7 Å². The van der Waals surface area contributed by atoms with Crippen LogP contribution in [0.25, 0.3) is 6.08 Å². The van der Waals surface area contributed by atoms with Gasteiger partial charge in [0.2, 0.25) is 0 Å². The van der Waals surface area contributed by atoms with Gasteiger partial charge in [-0.25, -0.2) is 9.79 Å². The largest absolute Gasteiger partial charge is 0.497 e. The van der Waals surface area contributed by atoms with Crippen molar-refractivity contribution in [2.24, 2.45) is 4.99 Å². The molecule has 7 heteroatoms. The number of benzene rings is 2. The molecule has 1 aromatic heterocycles. The molecule has 0 amide bonds. The van der Waals surface area contributed by atoms with E-state index in [0.717, 1.165) is 16.9 Å². The van der Waals surface area contributed by atoms with Gasteiger partial charge >= 0.3 is 5.97 Å². The molecule has 0 aliphatic carbocycles. The van der Waals surface area contributed by atoms with Crippen molar-refractivity contribution in [3.63, 3.8) is 0 Å². The van der Waals surface area contributed by atoms with Crippen LogP contribution in [-0.2, 0) is 9.53 Å². The molecular weight excluding hydrogens is 412 g/mol. The molecule has 3 aromatic rings. The Balaban J connectivity index is 1.91. The van der Waals surface area contributed by atoms with E-state index >= 15 is 0 Å².